The molecule has 0 aromatic heterocycles. The van der Waals surface area contributed by atoms with Gasteiger partial charge in [-0.05, 0) is 66.2 Å². The van der Waals surface area contributed by atoms with E-state index < -0.39 is 40.9 Å². The van der Waals surface area contributed by atoms with Gasteiger partial charge >= 0.3 is 6.18 Å². The molecule has 3 aromatic carbocycles. The summed E-state index contributed by atoms with van der Waals surface area (Å²) < 4.78 is 66.7. The molecule has 0 atom stereocenters. The summed E-state index contributed by atoms with van der Waals surface area (Å²) in [5.41, 5.74) is -1.46. The first kappa shape index (κ1) is 22.7. The van der Waals surface area contributed by atoms with E-state index in [1.165, 1.54) is 42.5 Å². The van der Waals surface area contributed by atoms with E-state index in [4.69, 9.17) is 0 Å². The largest absolute Gasteiger partial charge is 0.418 e. The summed E-state index contributed by atoms with van der Waals surface area (Å²) in [5.74, 6) is -2.67. The minimum Gasteiger partial charge on any atom is -0.322 e. The number of rotatable bonds is 5. The van der Waals surface area contributed by atoms with Crippen molar-refractivity contribution < 1.29 is 31.5 Å². The lowest BCUT2D eigenvalue weighted by Gasteiger charge is -2.15. The maximum Gasteiger partial charge on any atom is 0.418 e. The Morgan fingerprint density at radius 2 is 1.53 bits per heavy atom. The molecule has 164 valence electrons. The van der Waals surface area contributed by atoms with E-state index in [0.29, 0.717) is 11.6 Å². The molecule has 0 saturated heterocycles. The van der Waals surface area contributed by atoms with Crippen molar-refractivity contribution in [3.63, 3.8) is 0 Å². The molecule has 0 radical (unpaired) electrons. The van der Waals surface area contributed by atoms with Crippen LogP contribution >= 0.6 is 0 Å². The molecule has 0 saturated carbocycles. The van der Waals surface area contributed by atoms with Gasteiger partial charge in [0.1, 0.15) is 11.6 Å². The molecular formula is C23H15F5N2O2. The van der Waals surface area contributed by atoms with Crippen molar-refractivity contribution in [1.82, 2.24) is 0 Å². The van der Waals surface area contributed by atoms with Crippen LogP contribution in [-0.4, -0.2) is 11.8 Å². The number of hydrogen-bond donors (Lipinski definition) is 2. The van der Waals surface area contributed by atoms with Crippen LogP contribution in [0.1, 0.15) is 21.5 Å². The van der Waals surface area contributed by atoms with Gasteiger partial charge in [0.05, 0.1) is 11.3 Å². The van der Waals surface area contributed by atoms with Crippen molar-refractivity contribution in [3.05, 3.63) is 101 Å². The Morgan fingerprint density at radius 3 is 2.19 bits per heavy atom. The molecule has 0 aliphatic carbocycles. The second-order valence-electron chi connectivity index (χ2n) is 6.60. The van der Waals surface area contributed by atoms with Crippen molar-refractivity contribution in [2.45, 2.75) is 6.18 Å². The van der Waals surface area contributed by atoms with Crippen molar-refractivity contribution in [2.75, 3.05) is 10.6 Å². The zero-order chi connectivity index (χ0) is 23.3. The smallest absolute Gasteiger partial charge is 0.322 e. The fraction of sp³-hybridized carbons (Fsp3) is 0.0435. The Bertz CT molecular complexity index is 1170. The van der Waals surface area contributed by atoms with E-state index in [2.05, 4.69) is 10.6 Å². The summed E-state index contributed by atoms with van der Waals surface area (Å²) in [4.78, 5) is 24.2. The molecule has 0 heterocycles. The van der Waals surface area contributed by atoms with Gasteiger partial charge in [0.2, 0.25) is 5.91 Å². The Morgan fingerprint density at radius 1 is 0.812 bits per heavy atom. The predicted octanol–water partition coefficient (Wildman–Crippen LogP) is 5.89. The summed E-state index contributed by atoms with van der Waals surface area (Å²) in [6, 6.07) is 12.6. The van der Waals surface area contributed by atoms with Crippen LogP contribution in [0.5, 0.6) is 0 Å². The highest BCUT2D eigenvalue weighted by atomic mass is 19.4. The third-order valence-corrected chi connectivity index (χ3v) is 4.22. The molecule has 0 aliphatic heterocycles. The van der Waals surface area contributed by atoms with Crippen LogP contribution < -0.4 is 10.6 Å². The van der Waals surface area contributed by atoms with Crippen molar-refractivity contribution in [3.8, 4) is 0 Å². The van der Waals surface area contributed by atoms with Gasteiger partial charge in [-0.3, -0.25) is 9.59 Å². The lowest BCUT2D eigenvalue weighted by Crippen LogP contribution is -2.17. The van der Waals surface area contributed by atoms with E-state index >= 15 is 0 Å². The molecule has 9 heteroatoms. The van der Waals surface area contributed by atoms with E-state index in [1.54, 1.807) is 0 Å². The third-order valence-electron chi connectivity index (χ3n) is 4.22. The molecule has 0 aliphatic rings. The number of carbonyl (C=O) groups is 2. The summed E-state index contributed by atoms with van der Waals surface area (Å²) in [6.07, 6.45) is -2.60. The van der Waals surface area contributed by atoms with Crippen LogP contribution in [0.15, 0.2) is 72.8 Å². The Kier molecular flexibility index (Phi) is 6.67. The third kappa shape index (κ3) is 6.00. The number of anilines is 2. The van der Waals surface area contributed by atoms with Gasteiger partial charge in [0.15, 0.2) is 0 Å². The molecule has 3 rings (SSSR count). The second-order valence-corrected chi connectivity index (χ2v) is 6.60. The minimum atomic E-state index is -4.83. The monoisotopic (exact) mass is 446 g/mol. The van der Waals surface area contributed by atoms with Gasteiger partial charge < -0.3 is 10.6 Å². The molecule has 0 bridgehead atoms. The average Bonchev–Trinajstić information content (AvgIpc) is 2.73. The Labute approximate surface area is 179 Å². The molecule has 0 fully saturated rings. The van der Waals surface area contributed by atoms with Gasteiger partial charge in [-0.2, -0.15) is 13.2 Å². The first-order chi connectivity index (χ1) is 15.1. The van der Waals surface area contributed by atoms with E-state index in [-0.39, 0.29) is 11.3 Å². The van der Waals surface area contributed by atoms with Crippen LogP contribution in [0.3, 0.4) is 0 Å². The van der Waals surface area contributed by atoms with Gasteiger partial charge in [-0.15, -0.1) is 0 Å². The first-order valence-corrected chi connectivity index (χ1v) is 9.14. The van der Waals surface area contributed by atoms with Crippen molar-refractivity contribution >= 4 is 29.3 Å². The van der Waals surface area contributed by atoms with Gasteiger partial charge in [0, 0.05) is 17.3 Å². The van der Waals surface area contributed by atoms with E-state index in [9.17, 15) is 31.5 Å². The quantitative estimate of drug-likeness (QED) is 0.379. The lowest BCUT2D eigenvalue weighted by atomic mass is 10.1. The highest BCUT2D eigenvalue weighted by Gasteiger charge is 2.34. The molecule has 2 N–H and O–H groups in total. The van der Waals surface area contributed by atoms with Gasteiger partial charge in [-0.25, -0.2) is 8.78 Å². The zero-order valence-corrected chi connectivity index (χ0v) is 16.2. The van der Waals surface area contributed by atoms with Gasteiger partial charge in [-0.1, -0.05) is 12.1 Å². The van der Waals surface area contributed by atoms with Crippen LogP contribution in [0, 0.1) is 11.6 Å². The van der Waals surface area contributed by atoms with Crippen LogP contribution in [0.4, 0.5) is 33.3 Å². The number of amides is 2. The molecular weight excluding hydrogens is 431 g/mol. The number of nitrogens with one attached hydrogen (secondary N) is 2. The first-order valence-electron chi connectivity index (χ1n) is 9.14. The highest BCUT2D eigenvalue weighted by molar-refractivity contribution is 6.05. The second kappa shape index (κ2) is 9.42. The maximum atomic E-state index is 13.5. The van der Waals surface area contributed by atoms with Crippen LogP contribution in [0.2, 0.25) is 0 Å². The number of alkyl halides is 3. The SMILES string of the molecule is O=C(C=Cc1cccc(F)c1)Nc1ccc(NC(=O)c2ccc(F)cc2)cc1C(F)(F)F. The lowest BCUT2D eigenvalue weighted by molar-refractivity contribution is -0.136. The number of carbonyl (C=O) groups excluding carboxylic acids is 2. The van der Waals surface area contributed by atoms with Gasteiger partial charge in [0.25, 0.3) is 5.91 Å². The molecule has 2 amide bonds. The minimum absolute atomic E-state index is 0.0554. The van der Waals surface area contributed by atoms with E-state index in [1.807, 2.05) is 0 Å². The Balaban J connectivity index is 1.78. The number of benzene rings is 3. The predicted molar refractivity (Wildman–Crippen MR) is 110 cm³/mol. The zero-order valence-electron chi connectivity index (χ0n) is 16.2. The van der Waals surface area contributed by atoms with Crippen molar-refractivity contribution in [2.24, 2.45) is 0 Å². The highest BCUT2D eigenvalue weighted by Crippen LogP contribution is 2.36. The number of halogens is 5. The summed E-state index contributed by atoms with van der Waals surface area (Å²) in [5, 5.41) is 4.43. The van der Waals surface area contributed by atoms with E-state index in [0.717, 1.165) is 30.3 Å². The fourth-order valence-electron chi connectivity index (χ4n) is 2.73. The normalized spacial score (nSPS) is 11.4. The standard InChI is InChI=1S/C23H15F5N2O2/c24-16-7-5-15(6-8-16)22(32)29-18-9-10-20(19(13-18)23(26,27)28)30-21(31)11-4-14-2-1-3-17(25)12-14/h1-13H,(H,29,32)(H,30,31). The van der Waals surface area contributed by atoms with Crippen LogP contribution in [0.25, 0.3) is 6.08 Å². The molecule has 0 unspecified atom stereocenters. The summed E-state index contributed by atoms with van der Waals surface area (Å²) in [7, 11) is 0. The molecule has 3 aromatic rings. The average molecular weight is 446 g/mol. The maximum absolute atomic E-state index is 13.5. The summed E-state index contributed by atoms with van der Waals surface area (Å²) in [6.45, 7) is 0. The summed E-state index contributed by atoms with van der Waals surface area (Å²) >= 11 is 0. The molecule has 0 spiro atoms. The van der Waals surface area contributed by atoms with Crippen molar-refractivity contribution in [1.29, 1.82) is 0 Å². The number of hydrogen-bond acceptors (Lipinski definition) is 2. The van der Waals surface area contributed by atoms with Crippen LogP contribution in [-0.2, 0) is 11.0 Å². The Hall–Kier alpha value is -4.01. The molecule has 4 nitrogen and oxygen atoms in total. The topological polar surface area (TPSA) is 58.2 Å². The molecule has 32 heavy (non-hydrogen) atoms. The fourth-order valence-corrected chi connectivity index (χ4v) is 2.73.